The first-order valence-corrected chi connectivity index (χ1v) is 7.68. The van der Waals surface area contributed by atoms with Crippen molar-refractivity contribution in [2.24, 2.45) is 5.92 Å². The number of nitrogens with one attached hydrogen (secondary N) is 2. The predicted octanol–water partition coefficient (Wildman–Crippen LogP) is 2.90. The molecule has 2 atom stereocenters. The van der Waals surface area contributed by atoms with E-state index in [9.17, 15) is 4.79 Å². The minimum absolute atomic E-state index is 0.0319. The van der Waals surface area contributed by atoms with Crippen molar-refractivity contribution < 1.29 is 9.53 Å². The fraction of sp³-hybridized carbons (Fsp3) is 0.588. The van der Waals surface area contributed by atoms with Gasteiger partial charge < -0.3 is 10.1 Å². The molecule has 0 saturated carbocycles. The molecular weight excluding hydrogens is 264 g/mol. The smallest absolute Gasteiger partial charge is 0.236 e. The topological polar surface area (TPSA) is 50.4 Å². The van der Waals surface area contributed by atoms with E-state index in [4.69, 9.17) is 4.74 Å². The Labute approximate surface area is 128 Å². The molecule has 1 rings (SSSR count). The molecular formula is C17H28N2O2. The number of hydrogen-bond donors (Lipinski definition) is 2. The Kier molecular flexibility index (Phi) is 7.23. The van der Waals surface area contributed by atoms with E-state index in [1.54, 1.807) is 7.05 Å². The molecule has 0 aliphatic rings. The molecule has 0 bridgehead atoms. The lowest BCUT2D eigenvalue weighted by atomic mass is 10.00. The molecule has 0 spiro atoms. The van der Waals surface area contributed by atoms with Crippen LogP contribution < -0.4 is 15.4 Å². The van der Waals surface area contributed by atoms with Gasteiger partial charge in [-0.25, -0.2) is 0 Å². The largest absolute Gasteiger partial charge is 0.494 e. The predicted molar refractivity (Wildman–Crippen MR) is 86.5 cm³/mol. The Bertz CT molecular complexity index is 446. The fourth-order valence-corrected chi connectivity index (χ4v) is 2.41. The molecule has 0 aromatic heterocycles. The fourth-order valence-electron chi connectivity index (χ4n) is 2.41. The number of hydrogen-bond acceptors (Lipinski definition) is 3. The number of likely N-dealkylation sites (N-methyl/N-ethyl adjacent to an activating group) is 1. The number of benzene rings is 1. The number of carbonyl (C=O) groups excluding carboxylic acids is 1. The van der Waals surface area contributed by atoms with Crippen molar-refractivity contribution in [1.82, 2.24) is 10.6 Å². The standard InChI is InChI=1S/C17H28N2O2/c1-6-21-16-10-8-7-9-14(16)13(4)19-15(11-12(2)3)17(20)18-5/h7-10,12-13,15,19H,6,11H2,1-5H3,(H,18,20). The van der Waals surface area contributed by atoms with Crippen LogP contribution in [0.5, 0.6) is 5.75 Å². The summed E-state index contributed by atoms with van der Waals surface area (Å²) in [4.78, 5) is 12.0. The van der Waals surface area contributed by atoms with Gasteiger partial charge in [-0.05, 0) is 32.3 Å². The van der Waals surface area contributed by atoms with Crippen LogP contribution in [-0.4, -0.2) is 25.6 Å². The molecule has 1 aromatic carbocycles. The van der Waals surface area contributed by atoms with Crippen molar-refractivity contribution in [2.45, 2.75) is 46.2 Å². The van der Waals surface area contributed by atoms with Crippen molar-refractivity contribution in [3.05, 3.63) is 29.8 Å². The number of carbonyl (C=O) groups is 1. The lowest BCUT2D eigenvalue weighted by Gasteiger charge is -2.25. The van der Waals surface area contributed by atoms with Crippen LogP contribution in [0, 0.1) is 5.92 Å². The Morgan fingerprint density at radius 1 is 1.24 bits per heavy atom. The molecule has 4 heteroatoms. The summed E-state index contributed by atoms with van der Waals surface area (Å²) in [7, 11) is 1.68. The second kappa shape index (κ2) is 8.67. The molecule has 0 fully saturated rings. The third-order valence-electron chi connectivity index (χ3n) is 3.41. The van der Waals surface area contributed by atoms with Crippen molar-refractivity contribution >= 4 is 5.91 Å². The van der Waals surface area contributed by atoms with Gasteiger partial charge in [0.2, 0.25) is 5.91 Å². The molecule has 0 saturated heterocycles. The van der Waals surface area contributed by atoms with E-state index in [0.29, 0.717) is 12.5 Å². The highest BCUT2D eigenvalue weighted by atomic mass is 16.5. The van der Waals surface area contributed by atoms with Gasteiger partial charge in [0, 0.05) is 18.7 Å². The Hall–Kier alpha value is -1.55. The van der Waals surface area contributed by atoms with E-state index in [2.05, 4.69) is 31.4 Å². The highest BCUT2D eigenvalue weighted by Crippen LogP contribution is 2.25. The lowest BCUT2D eigenvalue weighted by molar-refractivity contribution is -0.123. The minimum Gasteiger partial charge on any atom is -0.494 e. The zero-order chi connectivity index (χ0) is 15.8. The minimum atomic E-state index is -0.195. The number of ether oxygens (including phenoxy) is 1. The van der Waals surface area contributed by atoms with Gasteiger partial charge in [0.25, 0.3) is 0 Å². The van der Waals surface area contributed by atoms with Gasteiger partial charge in [-0.1, -0.05) is 32.0 Å². The van der Waals surface area contributed by atoms with Crippen molar-refractivity contribution in [3.8, 4) is 5.75 Å². The maximum Gasteiger partial charge on any atom is 0.236 e. The van der Waals surface area contributed by atoms with Crippen LogP contribution in [-0.2, 0) is 4.79 Å². The van der Waals surface area contributed by atoms with Gasteiger partial charge in [-0.2, -0.15) is 0 Å². The summed E-state index contributed by atoms with van der Waals surface area (Å²) in [5, 5.41) is 6.16. The summed E-state index contributed by atoms with van der Waals surface area (Å²) >= 11 is 0. The molecule has 0 aliphatic heterocycles. The van der Waals surface area contributed by atoms with Crippen molar-refractivity contribution in [2.75, 3.05) is 13.7 Å². The molecule has 4 nitrogen and oxygen atoms in total. The molecule has 0 radical (unpaired) electrons. The van der Waals surface area contributed by atoms with E-state index in [1.165, 1.54) is 0 Å². The molecule has 2 N–H and O–H groups in total. The van der Waals surface area contributed by atoms with Gasteiger partial charge >= 0.3 is 0 Å². The highest BCUT2D eigenvalue weighted by molar-refractivity contribution is 5.81. The summed E-state index contributed by atoms with van der Waals surface area (Å²) in [6.45, 7) is 8.91. The highest BCUT2D eigenvalue weighted by Gasteiger charge is 2.22. The molecule has 0 heterocycles. The van der Waals surface area contributed by atoms with Gasteiger partial charge in [-0.15, -0.1) is 0 Å². The monoisotopic (exact) mass is 292 g/mol. The van der Waals surface area contributed by atoms with Crippen LogP contribution in [0.2, 0.25) is 0 Å². The maximum atomic E-state index is 12.0. The van der Waals surface area contributed by atoms with Crippen LogP contribution in [0.4, 0.5) is 0 Å². The number of para-hydroxylation sites is 1. The van der Waals surface area contributed by atoms with Crippen molar-refractivity contribution in [3.63, 3.8) is 0 Å². The summed E-state index contributed by atoms with van der Waals surface area (Å²) in [6.07, 6.45) is 0.806. The molecule has 21 heavy (non-hydrogen) atoms. The summed E-state index contributed by atoms with van der Waals surface area (Å²) in [6, 6.07) is 7.82. The third-order valence-corrected chi connectivity index (χ3v) is 3.41. The summed E-state index contributed by atoms with van der Waals surface area (Å²) < 4.78 is 5.67. The first kappa shape index (κ1) is 17.5. The molecule has 118 valence electrons. The van der Waals surface area contributed by atoms with E-state index in [0.717, 1.165) is 17.7 Å². The zero-order valence-corrected chi connectivity index (χ0v) is 13.8. The summed E-state index contributed by atoms with van der Waals surface area (Å²) in [5.74, 6) is 1.36. The molecule has 2 unspecified atom stereocenters. The van der Waals surface area contributed by atoms with E-state index >= 15 is 0 Å². The Balaban J connectivity index is 2.86. The van der Waals surface area contributed by atoms with E-state index in [-0.39, 0.29) is 18.0 Å². The van der Waals surface area contributed by atoms with Crippen LogP contribution in [0.1, 0.15) is 45.7 Å². The number of rotatable bonds is 8. The van der Waals surface area contributed by atoms with Crippen LogP contribution in [0.25, 0.3) is 0 Å². The normalized spacial score (nSPS) is 13.8. The van der Waals surface area contributed by atoms with Gasteiger partial charge in [0.15, 0.2) is 0 Å². The van der Waals surface area contributed by atoms with E-state index in [1.807, 2.05) is 31.2 Å². The quantitative estimate of drug-likeness (QED) is 0.774. The second-order valence-electron chi connectivity index (χ2n) is 5.66. The van der Waals surface area contributed by atoms with Crippen LogP contribution in [0.3, 0.4) is 0 Å². The first-order valence-electron chi connectivity index (χ1n) is 7.68. The van der Waals surface area contributed by atoms with Gasteiger partial charge in [0.1, 0.15) is 5.75 Å². The maximum absolute atomic E-state index is 12.0. The van der Waals surface area contributed by atoms with Gasteiger partial charge in [-0.3, -0.25) is 10.1 Å². The molecule has 1 aromatic rings. The average Bonchev–Trinajstić information content (AvgIpc) is 2.46. The average molecular weight is 292 g/mol. The SMILES string of the molecule is CCOc1ccccc1C(C)NC(CC(C)C)C(=O)NC. The summed E-state index contributed by atoms with van der Waals surface area (Å²) in [5.41, 5.74) is 1.08. The Morgan fingerprint density at radius 3 is 2.48 bits per heavy atom. The second-order valence-corrected chi connectivity index (χ2v) is 5.66. The number of amides is 1. The van der Waals surface area contributed by atoms with Crippen molar-refractivity contribution in [1.29, 1.82) is 0 Å². The van der Waals surface area contributed by atoms with Gasteiger partial charge in [0.05, 0.1) is 12.6 Å². The van der Waals surface area contributed by atoms with Crippen LogP contribution in [0.15, 0.2) is 24.3 Å². The van der Waals surface area contributed by atoms with E-state index < -0.39 is 0 Å². The Morgan fingerprint density at radius 2 is 1.90 bits per heavy atom. The first-order chi connectivity index (χ1) is 9.99. The zero-order valence-electron chi connectivity index (χ0n) is 13.8. The lowest BCUT2D eigenvalue weighted by Crippen LogP contribution is -2.44. The molecule has 1 amide bonds. The third kappa shape index (κ3) is 5.38. The van der Waals surface area contributed by atoms with Crippen LogP contribution >= 0.6 is 0 Å². The molecule has 0 aliphatic carbocycles.